The van der Waals surface area contributed by atoms with Crippen LogP contribution in [0.3, 0.4) is 0 Å². The second-order valence-electron chi connectivity index (χ2n) is 8.42. The maximum absolute atomic E-state index is 10.8. The fourth-order valence-corrected chi connectivity index (χ4v) is 4.18. The Labute approximate surface area is 207 Å². The molecule has 4 aromatic rings. The number of carboxylic acids is 2. The van der Waals surface area contributed by atoms with E-state index in [9.17, 15) is 9.59 Å². The molecule has 5 rings (SSSR count). The number of H-pyrrole nitrogens is 1. The van der Waals surface area contributed by atoms with Gasteiger partial charge in [0.15, 0.2) is 0 Å². The van der Waals surface area contributed by atoms with Crippen molar-refractivity contribution in [2.45, 2.75) is 6.42 Å². The molecule has 0 amide bonds. The Kier molecular flexibility index (Phi) is 6.16. The number of nitrogens with one attached hydrogen (secondary N) is 1. The minimum absolute atomic E-state index is 0.749. The Hall–Kier alpha value is -4.97. The molecule has 0 radical (unpaired) electrons. The van der Waals surface area contributed by atoms with E-state index in [-0.39, 0.29) is 0 Å². The van der Waals surface area contributed by atoms with Gasteiger partial charge in [0.25, 0.3) is 0 Å². The van der Waals surface area contributed by atoms with Gasteiger partial charge in [0.05, 0.1) is 11.4 Å². The van der Waals surface area contributed by atoms with Gasteiger partial charge in [0.1, 0.15) is 5.82 Å². The van der Waals surface area contributed by atoms with E-state index in [1.54, 1.807) is 12.2 Å². The highest BCUT2D eigenvalue weighted by molar-refractivity contribution is 5.87. The fraction of sp³-hybridized carbons (Fsp3) is 0.0333. The lowest BCUT2D eigenvalue weighted by atomic mass is 10.0. The number of hydrogen-bond donors (Lipinski definition) is 3. The summed E-state index contributed by atoms with van der Waals surface area (Å²) >= 11 is 0. The van der Waals surface area contributed by atoms with Crippen molar-refractivity contribution in [3.63, 3.8) is 0 Å². The molecule has 1 aliphatic rings. The van der Waals surface area contributed by atoms with Crippen molar-refractivity contribution in [3.8, 4) is 33.9 Å². The van der Waals surface area contributed by atoms with Gasteiger partial charge in [0, 0.05) is 28.8 Å². The van der Waals surface area contributed by atoms with Crippen LogP contribution in [0.25, 0.3) is 52.1 Å². The summed E-state index contributed by atoms with van der Waals surface area (Å²) in [6, 6.07) is 21.4. The molecule has 6 nitrogen and oxygen atoms in total. The molecule has 176 valence electrons. The van der Waals surface area contributed by atoms with Crippen LogP contribution in [0.5, 0.6) is 0 Å². The zero-order valence-corrected chi connectivity index (χ0v) is 19.2. The Morgan fingerprint density at radius 3 is 1.97 bits per heavy atom. The largest absolute Gasteiger partial charge is 0.478 e. The van der Waals surface area contributed by atoms with Gasteiger partial charge in [-0.25, -0.2) is 14.6 Å². The third-order valence-corrected chi connectivity index (χ3v) is 5.98. The first-order valence-corrected chi connectivity index (χ1v) is 11.4. The monoisotopic (exact) mass is 474 g/mol. The lowest BCUT2D eigenvalue weighted by Gasteiger charge is -2.05. The van der Waals surface area contributed by atoms with Gasteiger partial charge in [-0.3, -0.25) is 0 Å². The number of aliphatic carboxylic acids is 2. The first kappa shape index (κ1) is 22.8. The average Bonchev–Trinajstić information content (AvgIpc) is 3.54. The van der Waals surface area contributed by atoms with E-state index in [0.29, 0.717) is 0 Å². The molecule has 1 heterocycles. The molecule has 3 N–H and O–H groups in total. The average molecular weight is 475 g/mol. The molecule has 0 saturated carbocycles. The number of fused-ring (bicyclic) bond motifs is 1. The van der Waals surface area contributed by atoms with Crippen LogP contribution in [0.1, 0.15) is 22.3 Å². The van der Waals surface area contributed by atoms with E-state index < -0.39 is 11.9 Å². The van der Waals surface area contributed by atoms with Gasteiger partial charge in [-0.1, -0.05) is 72.8 Å². The molecular formula is C30H22N2O4. The van der Waals surface area contributed by atoms with Crippen LogP contribution in [-0.2, 0) is 16.0 Å². The molecule has 36 heavy (non-hydrogen) atoms. The predicted octanol–water partition coefficient (Wildman–Crippen LogP) is 6.18. The minimum Gasteiger partial charge on any atom is -0.478 e. The number of aromatic amines is 1. The van der Waals surface area contributed by atoms with Gasteiger partial charge in [-0.2, -0.15) is 0 Å². The first-order chi connectivity index (χ1) is 17.5. The van der Waals surface area contributed by atoms with Gasteiger partial charge >= 0.3 is 11.9 Å². The molecule has 0 spiro atoms. The molecule has 6 heteroatoms. The van der Waals surface area contributed by atoms with Gasteiger partial charge in [-0.05, 0) is 46.9 Å². The number of rotatable bonds is 7. The van der Waals surface area contributed by atoms with E-state index in [1.807, 2.05) is 48.5 Å². The second-order valence-corrected chi connectivity index (χ2v) is 8.42. The molecule has 0 fully saturated rings. The van der Waals surface area contributed by atoms with Crippen LogP contribution in [0.2, 0.25) is 0 Å². The van der Waals surface area contributed by atoms with Gasteiger partial charge in [-0.15, -0.1) is 0 Å². The van der Waals surface area contributed by atoms with Crippen LogP contribution < -0.4 is 0 Å². The highest BCUT2D eigenvalue weighted by Gasteiger charge is 2.17. The van der Waals surface area contributed by atoms with Gasteiger partial charge < -0.3 is 15.2 Å². The number of hydrogen-bond acceptors (Lipinski definition) is 3. The number of benzene rings is 3. The second kappa shape index (κ2) is 9.72. The summed E-state index contributed by atoms with van der Waals surface area (Å²) < 4.78 is 0. The maximum Gasteiger partial charge on any atom is 0.328 e. The summed E-state index contributed by atoms with van der Waals surface area (Å²) in [7, 11) is 0. The summed E-state index contributed by atoms with van der Waals surface area (Å²) in [4.78, 5) is 30.1. The lowest BCUT2D eigenvalue weighted by Crippen LogP contribution is -1.87. The predicted molar refractivity (Wildman–Crippen MR) is 141 cm³/mol. The number of carboxylic acid groups (broad SMARTS) is 2. The minimum atomic E-state index is -0.996. The topological polar surface area (TPSA) is 103 Å². The number of allylic oxidation sites excluding steroid dienone is 1. The van der Waals surface area contributed by atoms with Crippen molar-refractivity contribution in [1.29, 1.82) is 0 Å². The number of carbonyl (C=O) groups is 2. The Morgan fingerprint density at radius 1 is 0.778 bits per heavy atom. The molecule has 0 atom stereocenters. The van der Waals surface area contributed by atoms with Crippen LogP contribution in [0, 0.1) is 0 Å². The van der Waals surface area contributed by atoms with Crippen LogP contribution >= 0.6 is 0 Å². The Bertz CT molecular complexity index is 1450. The number of aromatic nitrogens is 2. The highest BCUT2D eigenvalue weighted by atomic mass is 16.4. The molecule has 0 bridgehead atoms. The van der Waals surface area contributed by atoms with E-state index >= 15 is 0 Å². The smallest absolute Gasteiger partial charge is 0.328 e. The van der Waals surface area contributed by atoms with E-state index in [1.165, 1.54) is 11.1 Å². The summed E-state index contributed by atoms with van der Waals surface area (Å²) in [5.41, 5.74) is 8.44. The van der Waals surface area contributed by atoms with Crippen molar-refractivity contribution >= 4 is 30.2 Å². The van der Waals surface area contributed by atoms with Crippen molar-refractivity contribution in [1.82, 2.24) is 9.97 Å². The molecule has 0 saturated heterocycles. The normalized spacial score (nSPS) is 12.4. The molecule has 1 aliphatic carbocycles. The standard InChI is InChI=1S/C30H22N2O4/c33-26(34)16-8-19-4-10-22(11-5-19)28-29(23-12-6-20(7-13-23)9-17-27(35)36)32-30(31-28)25-15-14-21-2-1-3-24(21)18-25/h1-2,4-18H,3H2,(H,31,32)(H,33,34)(H,35,36). The molecular weight excluding hydrogens is 452 g/mol. The Morgan fingerprint density at radius 2 is 1.36 bits per heavy atom. The zero-order valence-electron chi connectivity index (χ0n) is 19.2. The highest BCUT2D eigenvalue weighted by Crippen LogP contribution is 2.34. The molecule has 1 aromatic heterocycles. The number of nitrogens with zero attached hydrogens (tertiary/aromatic N) is 1. The summed E-state index contributed by atoms with van der Waals surface area (Å²) in [6.45, 7) is 0. The summed E-state index contributed by atoms with van der Waals surface area (Å²) in [6.07, 6.45) is 10.5. The van der Waals surface area contributed by atoms with E-state index in [2.05, 4.69) is 35.3 Å². The van der Waals surface area contributed by atoms with Crippen LogP contribution in [0.15, 0.2) is 85.0 Å². The van der Waals surface area contributed by atoms with E-state index in [0.717, 1.165) is 63.6 Å². The quantitative estimate of drug-likeness (QED) is 0.278. The summed E-state index contributed by atoms with van der Waals surface area (Å²) in [5.74, 6) is -1.24. The van der Waals surface area contributed by atoms with Crippen molar-refractivity contribution in [2.75, 3.05) is 0 Å². The lowest BCUT2D eigenvalue weighted by molar-refractivity contribution is -0.132. The fourth-order valence-electron chi connectivity index (χ4n) is 4.18. The number of imidazole rings is 1. The van der Waals surface area contributed by atoms with Crippen molar-refractivity contribution < 1.29 is 19.8 Å². The van der Waals surface area contributed by atoms with Crippen LogP contribution in [-0.4, -0.2) is 32.1 Å². The van der Waals surface area contributed by atoms with Gasteiger partial charge in [0.2, 0.25) is 0 Å². The zero-order chi connectivity index (χ0) is 25.1. The third kappa shape index (κ3) is 4.93. The summed E-state index contributed by atoms with van der Waals surface area (Å²) in [5, 5.41) is 17.8. The molecule has 0 aliphatic heterocycles. The van der Waals surface area contributed by atoms with Crippen LogP contribution in [0.4, 0.5) is 0 Å². The third-order valence-electron chi connectivity index (χ3n) is 5.98. The van der Waals surface area contributed by atoms with Crippen molar-refractivity contribution in [3.05, 3.63) is 107 Å². The van der Waals surface area contributed by atoms with E-state index in [4.69, 9.17) is 15.2 Å². The van der Waals surface area contributed by atoms with Crippen molar-refractivity contribution in [2.24, 2.45) is 0 Å². The SMILES string of the molecule is O=C(O)C=Cc1ccc(-c2nc(-c3ccc4c(c3)CC=C4)[nH]c2-c2ccc(C=CC(=O)O)cc2)cc1. The first-order valence-electron chi connectivity index (χ1n) is 11.4. The molecule has 3 aromatic carbocycles. The Balaban J connectivity index is 1.56. The molecule has 0 unspecified atom stereocenters. The maximum atomic E-state index is 10.8.